The number of hydrogen-bond acceptors (Lipinski definition) is 2. The Kier molecular flexibility index (Phi) is 4.53. The van der Waals surface area contributed by atoms with Crippen molar-refractivity contribution >= 4 is 11.7 Å². The van der Waals surface area contributed by atoms with Crippen LogP contribution in [0.2, 0.25) is 0 Å². The van der Waals surface area contributed by atoms with E-state index in [4.69, 9.17) is 4.74 Å². The summed E-state index contributed by atoms with van der Waals surface area (Å²) in [5, 5.41) is 2.99. The van der Waals surface area contributed by atoms with Gasteiger partial charge in [-0.2, -0.15) is 0 Å². The number of hydrogen-bond donors (Lipinski definition) is 1. The summed E-state index contributed by atoms with van der Waals surface area (Å²) in [4.78, 5) is 14.5. The summed E-state index contributed by atoms with van der Waals surface area (Å²) in [5.74, 6) is 0.696. The molecule has 20 heavy (non-hydrogen) atoms. The zero-order chi connectivity index (χ0) is 14.7. The van der Waals surface area contributed by atoms with Gasteiger partial charge in [0, 0.05) is 12.1 Å². The van der Waals surface area contributed by atoms with Crippen LogP contribution in [0.15, 0.2) is 18.2 Å². The van der Waals surface area contributed by atoms with E-state index in [1.54, 1.807) is 7.11 Å². The van der Waals surface area contributed by atoms with E-state index in [0.717, 1.165) is 24.1 Å². The first-order valence-electron chi connectivity index (χ1n) is 7.27. The summed E-state index contributed by atoms with van der Waals surface area (Å²) in [6, 6.07) is 6.34. The van der Waals surface area contributed by atoms with Crippen LogP contribution in [0.4, 0.5) is 10.5 Å². The van der Waals surface area contributed by atoms with Gasteiger partial charge in [-0.3, -0.25) is 0 Å². The number of urea groups is 1. The normalized spacial score (nSPS) is 22.5. The van der Waals surface area contributed by atoms with Crippen molar-refractivity contribution in [2.24, 2.45) is 0 Å². The number of amides is 2. The minimum Gasteiger partial charge on any atom is -0.495 e. The molecule has 0 bridgehead atoms. The van der Waals surface area contributed by atoms with E-state index in [1.807, 2.05) is 30.0 Å². The summed E-state index contributed by atoms with van der Waals surface area (Å²) >= 11 is 0. The van der Waals surface area contributed by atoms with Gasteiger partial charge in [-0.25, -0.2) is 4.79 Å². The van der Waals surface area contributed by atoms with Crippen molar-refractivity contribution in [2.45, 2.75) is 52.1 Å². The molecule has 1 aromatic rings. The zero-order valence-corrected chi connectivity index (χ0v) is 12.8. The molecule has 0 radical (unpaired) electrons. The minimum atomic E-state index is -0.0337. The van der Waals surface area contributed by atoms with E-state index < -0.39 is 0 Å². The van der Waals surface area contributed by atoms with Crippen LogP contribution in [0.25, 0.3) is 0 Å². The predicted molar refractivity (Wildman–Crippen MR) is 81.4 cm³/mol. The summed E-state index contributed by atoms with van der Waals surface area (Å²) in [5.41, 5.74) is 1.84. The molecular formula is C16H24N2O2. The average Bonchev–Trinajstić information content (AvgIpc) is 2.38. The molecule has 0 saturated carbocycles. The molecular weight excluding hydrogens is 252 g/mol. The molecule has 0 aromatic heterocycles. The maximum atomic E-state index is 12.5. The lowest BCUT2D eigenvalue weighted by Gasteiger charge is -2.39. The molecule has 1 aromatic carbocycles. The number of piperidine rings is 1. The number of carbonyl (C=O) groups is 1. The number of ether oxygens (including phenoxy) is 1. The summed E-state index contributed by atoms with van der Waals surface area (Å²) in [6.07, 6.45) is 3.34. The highest BCUT2D eigenvalue weighted by Crippen LogP contribution is 2.28. The average molecular weight is 276 g/mol. The third kappa shape index (κ3) is 3.06. The molecule has 0 spiro atoms. The van der Waals surface area contributed by atoms with Crippen LogP contribution in [0, 0.1) is 6.92 Å². The zero-order valence-electron chi connectivity index (χ0n) is 12.8. The molecule has 0 aliphatic carbocycles. The first-order valence-corrected chi connectivity index (χ1v) is 7.27. The fourth-order valence-corrected chi connectivity index (χ4v) is 2.92. The van der Waals surface area contributed by atoms with E-state index in [-0.39, 0.29) is 18.1 Å². The van der Waals surface area contributed by atoms with Crippen LogP contribution in [0.1, 0.15) is 38.7 Å². The molecule has 1 heterocycles. The van der Waals surface area contributed by atoms with E-state index >= 15 is 0 Å². The molecule has 4 nitrogen and oxygen atoms in total. The van der Waals surface area contributed by atoms with Crippen LogP contribution < -0.4 is 10.1 Å². The third-order valence-corrected chi connectivity index (χ3v) is 4.02. The Morgan fingerprint density at radius 1 is 1.30 bits per heavy atom. The van der Waals surface area contributed by atoms with Crippen molar-refractivity contribution in [1.82, 2.24) is 4.90 Å². The second-order valence-electron chi connectivity index (χ2n) is 5.67. The fraction of sp³-hybridized carbons (Fsp3) is 0.562. The van der Waals surface area contributed by atoms with Gasteiger partial charge in [0.05, 0.1) is 12.8 Å². The molecule has 1 aliphatic heterocycles. The first-order chi connectivity index (χ1) is 9.52. The molecule has 2 amide bonds. The predicted octanol–water partition coefficient (Wildman–Crippen LogP) is 3.80. The van der Waals surface area contributed by atoms with Crippen LogP contribution >= 0.6 is 0 Å². The van der Waals surface area contributed by atoms with Gasteiger partial charge in [0.25, 0.3) is 0 Å². The highest BCUT2D eigenvalue weighted by Gasteiger charge is 2.29. The van der Waals surface area contributed by atoms with Gasteiger partial charge in [-0.05, 0) is 57.7 Å². The Morgan fingerprint density at radius 3 is 2.55 bits per heavy atom. The number of methoxy groups -OCH3 is 1. The molecule has 1 N–H and O–H groups in total. The molecule has 1 saturated heterocycles. The molecule has 2 rings (SSSR count). The van der Waals surface area contributed by atoms with Gasteiger partial charge in [0.2, 0.25) is 0 Å². The number of rotatable bonds is 2. The number of benzene rings is 1. The molecule has 1 aliphatic rings. The Balaban J connectivity index is 2.16. The van der Waals surface area contributed by atoms with Gasteiger partial charge in [-0.15, -0.1) is 0 Å². The fourth-order valence-electron chi connectivity index (χ4n) is 2.92. The quantitative estimate of drug-likeness (QED) is 0.892. The van der Waals surface area contributed by atoms with Gasteiger partial charge >= 0.3 is 6.03 Å². The topological polar surface area (TPSA) is 41.6 Å². The number of nitrogens with zero attached hydrogens (tertiary/aromatic N) is 1. The Morgan fingerprint density at radius 2 is 1.95 bits per heavy atom. The number of aryl methyl sites for hydroxylation is 1. The maximum Gasteiger partial charge on any atom is 0.322 e. The minimum absolute atomic E-state index is 0.0337. The van der Waals surface area contributed by atoms with Gasteiger partial charge in [-0.1, -0.05) is 6.07 Å². The van der Waals surface area contributed by atoms with Crippen molar-refractivity contribution < 1.29 is 9.53 Å². The second-order valence-corrected chi connectivity index (χ2v) is 5.67. The third-order valence-electron chi connectivity index (χ3n) is 4.02. The van der Waals surface area contributed by atoms with Crippen molar-refractivity contribution in [3.05, 3.63) is 23.8 Å². The SMILES string of the molecule is COc1ccc(C)cc1NC(=O)N1[C@@H](C)CCC[C@@H]1C. The van der Waals surface area contributed by atoms with Crippen LogP contribution in [-0.4, -0.2) is 30.1 Å². The number of likely N-dealkylation sites (tertiary alicyclic amines) is 1. The lowest BCUT2D eigenvalue weighted by atomic mass is 9.98. The Hall–Kier alpha value is -1.71. The van der Waals surface area contributed by atoms with E-state index in [0.29, 0.717) is 5.75 Å². The van der Waals surface area contributed by atoms with E-state index in [2.05, 4.69) is 19.2 Å². The van der Waals surface area contributed by atoms with Crippen molar-refractivity contribution in [2.75, 3.05) is 12.4 Å². The summed E-state index contributed by atoms with van der Waals surface area (Å²) in [7, 11) is 1.62. The summed E-state index contributed by atoms with van der Waals surface area (Å²) in [6.45, 7) is 6.23. The largest absolute Gasteiger partial charge is 0.495 e. The van der Waals surface area contributed by atoms with E-state index in [1.165, 1.54) is 6.42 Å². The van der Waals surface area contributed by atoms with Crippen LogP contribution in [0.3, 0.4) is 0 Å². The van der Waals surface area contributed by atoms with Crippen LogP contribution in [0.5, 0.6) is 5.75 Å². The number of carbonyl (C=O) groups excluding carboxylic acids is 1. The van der Waals surface area contributed by atoms with Crippen molar-refractivity contribution in [1.29, 1.82) is 0 Å². The van der Waals surface area contributed by atoms with Crippen molar-refractivity contribution in [3.63, 3.8) is 0 Å². The molecule has 2 atom stereocenters. The highest BCUT2D eigenvalue weighted by molar-refractivity contribution is 5.91. The number of nitrogens with one attached hydrogen (secondary N) is 1. The van der Waals surface area contributed by atoms with E-state index in [9.17, 15) is 4.79 Å². The number of anilines is 1. The lowest BCUT2D eigenvalue weighted by Crippen LogP contribution is -2.49. The monoisotopic (exact) mass is 276 g/mol. The highest BCUT2D eigenvalue weighted by atomic mass is 16.5. The van der Waals surface area contributed by atoms with Gasteiger partial charge < -0.3 is 15.0 Å². The maximum absolute atomic E-state index is 12.5. The summed E-state index contributed by atoms with van der Waals surface area (Å²) < 4.78 is 5.31. The smallest absolute Gasteiger partial charge is 0.322 e. The lowest BCUT2D eigenvalue weighted by molar-refractivity contribution is 0.133. The second kappa shape index (κ2) is 6.16. The Bertz CT molecular complexity index is 477. The molecule has 0 unspecified atom stereocenters. The molecule has 110 valence electrons. The standard InChI is InChI=1S/C16H24N2O2/c1-11-8-9-15(20-4)14(10-11)17-16(19)18-12(2)6-5-7-13(18)3/h8-10,12-13H,5-7H2,1-4H3,(H,17,19)/t12-,13-/m0/s1. The molecule has 1 fully saturated rings. The van der Waals surface area contributed by atoms with Crippen molar-refractivity contribution in [3.8, 4) is 5.75 Å². The van der Waals surface area contributed by atoms with Gasteiger partial charge in [0.15, 0.2) is 0 Å². The first kappa shape index (κ1) is 14.7. The van der Waals surface area contributed by atoms with Crippen LogP contribution in [-0.2, 0) is 0 Å². The Labute approximate surface area is 121 Å². The molecule has 4 heteroatoms. The van der Waals surface area contributed by atoms with Gasteiger partial charge in [0.1, 0.15) is 5.75 Å².